The van der Waals surface area contributed by atoms with Crippen molar-refractivity contribution in [3.05, 3.63) is 23.8 Å². The van der Waals surface area contributed by atoms with E-state index in [-0.39, 0.29) is 0 Å². The fourth-order valence-electron chi connectivity index (χ4n) is 1.62. The second kappa shape index (κ2) is 7.14. The Kier molecular flexibility index (Phi) is 5.80. The summed E-state index contributed by atoms with van der Waals surface area (Å²) in [6.45, 7) is 3.51. The summed E-state index contributed by atoms with van der Waals surface area (Å²) in [6, 6.07) is 5.43. The summed E-state index contributed by atoms with van der Waals surface area (Å²) in [4.78, 5) is 0. The molecule has 2 N–H and O–H groups in total. The van der Waals surface area contributed by atoms with Gasteiger partial charge in [-0.25, -0.2) is 0 Å². The maximum Gasteiger partial charge on any atom is 0.128 e. The van der Waals surface area contributed by atoms with Gasteiger partial charge in [0.25, 0.3) is 0 Å². The largest absolute Gasteiger partial charge is 0.497 e. The zero-order valence-electron chi connectivity index (χ0n) is 10.7. The van der Waals surface area contributed by atoms with E-state index >= 15 is 0 Å². The van der Waals surface area contributed by atoms with Gasteiger partial charge in [-0.15, -0.1) is 0 Å². The number of hydrogen-bond donors (Lipinski definition) is 2. The van der Waals surface area contributed by atoms with Crippen LogP contribution in [-0.2, 0) is 0 Å². The molecule has 1 rings (SSSR count). The summed E-state index contributed by atoms with van der Waals surface area (Å²) in [5, 5.41) is 13.2. The molecule has 4 heteroatoms. The normalized spacial score (nSPS) is 12.2. The molecule has 1 aromatic rings. The Morgan fingerprint density at radius 2 is 2.06 bits per heavy atom. The first-order valence-electron chi connectivity index (χ1n) is 5.83. The second-order valence-electron chi connectivity index (χ2n) is 3.83. The summed E-state index contributed by atoms with van der Waals surface area (Å²) >= 11 is 0. The number of nitrogens with one attached hydrogen (secondary N) is 1. The van der Waals surface area contributed by atoms with E-state index in [2.05, 4.69) is 12.2 Å². The van der Waals surface area contributed by atoms with Crippen LogP contribution in [0.15, 0.2) is 18.2 Å². The van der Waals surface area contributed by atoms with E-state index in [0.29, 0.717) is 12.3 Å². The van der Waals surface area contributed by atoms with E-state index < -0.39 is 6.10 Å². The van der Waals surface area contributed by atoms with Gasteiger partial charge in [0.05, 0.1) is 20.3 Å². The van der Waals surface area contributed by atoms with Crippen LogP contribution in [-0.4, -0.2) is 32.4 Å². The second-order valence-corrected chi connectivity index (χ2v) is 3.83. The maximum absolute atomic E-state index is 10.0. The van der Waals surface area contributed by atoms with Crippen molar-refractivity contribution < 1.29 is 14.6 Å². The molecule has 0 saturated carbocycles. The lowest BCUT2D eigenvalue weighted by molar-refractivity contribution is 0.170. The van der Waals surface area contributed by atoms with E-state index in [9.17, 15) is 5.11 Å². The lowest BCUT2D eigenvalue weighted by Gasteiger charge is -2.16. The van der Waals surface area contributed by atoms with Crippen LogP contribution in [0.4, 0.5) is 0 Å². The minimum Gasteiger partial charge on any atom is -0.497 e. The molecule has 96 valence electrons. The van der Waals surface area contributed by atoms with Crippen molar-refractivity contribution in [3.8, 4) is 11.5 Å². The fraction of sp³-hybridized carbons (Fsp3) is 0.538. The number of aliphatic hydroxyl groups excluding tert-OH is 1. The summed E-state index contributed by atoms with van der Waals surface area (Å²) in [6.07, 6.45) is 0.481. The molecule has 0 spiro atoms. The number of methoxy groups -OCH3 is 2. The standard InChI is InChI=1S/C13H21NO3/c1-4-7-14-9-12(15)11-6-5-10(16-2)8-13(11)17-3/h5-6,8,12,14-15H,4,7,9H2,1-3H3. The molecule has 0 radical (unpaired) electrons. The molecule has 1 aromatic carbocycles. The van der Waals surface area contributed by atoms with E-state index in [0.717, 1.165) is 24.3 Å². The number of rotatable bonds is 7. The van der Waals surface area contributed by atoms with Gasteiger partial charge in [0.2, 0.25) is 0 Å². The SMILES string of the molecule is CCCNCC(O)c1ccc(OC)cc1OC. The Morgan fingerprint density at radius 3 is 2.65 bits per heavy atom. The molecule has 17 heavy (non-hydrogen) atoms. The van der Waals surface area contributed by atoms with Crippen LogP contribution in [0.25, 0.3) is 0 Å². The van der Waals surface area contributed by atoms with Gasteiger partial charge in [0.15, 0.2) is 0 Å². The highest BCUT2D eigenvalue weighted by molar-refractivity contribution is 5.42. The average Bonchev–Trinajstić information content (AvgIpc) is 2.38. The van der Waals surface area contributed by atoms with E-state index in [1.807, 2.05) is 12.1 Å². The van der Waals surface area contributed by atoms with Gasteiger partial charge in [-0.05, 0) is 25.1 Å². The number of hydrogen-bond acceptors (Lipinski definition) is 4. The predicted molar refractivity (Wildman–Crippen MR) is 67.7 cm³/mol. The average molecular weight is 239 g/mol. The Balaban J connectivity index is 2.74. The summed E-state index contributed by atoms with van der Waals surface area (Å²) < 4.78 is 10.4. The third-order valence-corrected chi connectivity index (χ3v) is 2.56. The van der Waals surface area contributed by atoms with Crippen LogP contribution in [0.3, 0.4) is 0 Å². The summed E-state index contributed by atoms with van der Waals surface area (Å²) in [5.41, 5.74) is 0.775. The Bertz CT molecular complexity index is 341. The first kappa shape index (κ1) is 13.8. The van der Waals surface area contributed by atoms with Crippen LogP contribution >= 0.6 is 0 Å². The molecule has 0 aromatic heterocycles. The van der Waals surface area contributed by atoms with Gasteiger partial charge in [-0.1, -0.05) is 6.92 Å². The van der Waals surface area contributed by atoms with Crippen molar-refractivity contribution in [1.29, 1.82) is 0 Å². The molecule has 1 unspecified atom stereocenters. The fourth-order valence-corrected chi connectivity index (χ4v) is 1.62. The third-order valence-electron chi connectivity index (χ3n) is 2.56. The van der Waals surface area contributed by atoms with Crippen molar-refractivity contribution in [2.24, 2.45) is 0 Å². The van der Waals surface area contributed by atoms with Crippen molar-refractivity contribution in [3.63, 3.8) is 0 Å². The summed E-state index contributed by atoms with van der Waals surface area (Å²) in [7, 11) is 3.19. The van der Waals surface area contributed by atoms with Gasteiger partial charge < -0.3 is 19.9 Å². The minimum absolute atomic E-state index is 0.524. The van der Waals surface area contributed by atoms with Crippen molar-refractivity contribution in [1.82, 2.24) is 5.32 Å². The molecule has 1 atom stereocenters. The maximum atomic E-state index is 10.0. The van der Waals surface area contributed by atoms with Crippen molar-refractivity contribution in [2.75, 3.05) is 27.3 Å². The molecule has 0 saturated heterocycles. The number of aliphatic hydroxyl groups is 1. The Labute approximate surface area is 103 Å². The van der Waals surface area contributed by atoms with E-state index in [4.69, 9.17) is 9.47 Å². The third kappa shape index (κ3) is 3.91. The molecule has 0 aliphatic rings. The molecule has 0 heterocycles. The van der Waals surface area contributed by atoms with Crippen LogP contribution in [0.2, 0.25) is 0 Å². The van der Waals surface area contributed by atoms with E-state index in [1.165, 1.54) is 0 Å². The molecule has 4 nitrogen and oxygen atoms in total. The molecule has 0 aliphatic heterocycles. The van der Waals surface area contributed by atoms with Gasteiger partial charge in [-0.3, -0.25) is 0 Å². The van der Waals surface area contributed by atoms with Crippen LogP contribution in [0.1, 0.15) is 25.0 Å². The number of ether oxygens (including phenoxy) is 2. The highest BCUT2D eigenvalue weighted by Crippen LogP contribution is 2.29. The highest BCUT2D eigenvalue weighted by Gasteiger charge is 2.13. The van der Waals surface area contributed by atoms with Gasteiger partial charge in [0.1, 0.15) is 11.5 Å². The molecular formula is C13H21NO3. The lowest BCUT2D eigenvalue weighted by Crippen LogP contribution is -2.22. The van der Waals surface area contributed by atoms with Gasteiger partial charge >= 0.3 is 0 Å². The zero-order valence-corrected chi connectivity index (χ0v) is 10.7. The minimum atomic E-state index is -0.567. The van der Waals surface area contributed by atoms with Gasteiger partial charge in [0, 0.05) is 18.2 Å². The first-order chi connectivity index (χ1) is 8.22. The zero-order chi connectivity index (χ0) is 12.7. The van der Waals surface area contributed by atoms with Crippen molar-refractivity contribution >= 4 is 0 Å². The van der Waals surface area contributed by atoms with Crippen molar-refractivity contribution in [2.45, 2.75) is 19.4 Å². The highest BCUT2D eigenvalue weighted by atomic mass is 16.5. The Morgan fingerprint density at radius 1 is 1.29 bits per heavy atom. The number of benzene rings is 1. The monoisotopic (exact) mass is 239 g/mol. The molecule has 0 aliphatic carbocycles. The first-order valence-corrected chi connectivity index (χ1v) is 5.83. The molecule has 0 amide bonds. The topological polar surface area (TPSA) is 50.7 Å². The molecular weight excluding hydrogens is 218 g/mol. The molecule has 0 bridgehead atoms. The van der Waals surface area contributed by atoms with Crippen LogP contribution in [0.5, 0.6) is 11.5 Å². The predicted octanol–water partition coefficient (Wildman–Crippen LogP) is 1.74. The van der Waals surface area contributed by atoms with Gasteiger partial charge in [-0.2, -0.15) is 0 Å². The smallest absolute Gasteiger partial charge is 0.128 e. The van der Waals surface area contributed by atoms with Crippen LogP contribution in [0, 0.1) is 0 Å². The van der Waals surface area contributed by atoms with E-state index in [1.54, 1.807) is 20.3 Å². The quantitative estimate of drug-likeness (QED) is 0.712. The summed E-state index contributed by atoms with van der Waals surface area (Å²) in [5.74, 6) is 1.37. The lowest BCUT2D eigenvalue weighted by atomic mass is 10.1. The van der Waals surface area contributed by atoms with Crippen LogP contribution < -0.4 is 14.8 Å². The molecule has 0 fully saturated rings. The Hall–Kier alpha value is -1.26.